The average Bonchev–Trinajstić information content (AvgIpc) is 2.83. The molecule has 0 spiro atoms. The molecule has 1 fully saturated rings. The second-order valence-corrected chi connectivity index (χ2v) is 5.38. The van der Waals surface area contributed by atoms with Crippen LogP contribution in [0.4, 0.5) is 0 Å². The van der Waals surface area contributed by atoms with Crippen molar-refractivity contribution < 1.29 is 9.47 Å². The third kappa shape index (κ3) is 3.01. The Morgan fingerprint density at radius 1 is 1.69 bits per heavy atom. The quantitative estimate of drug-likeness (QED) is 0.876. The summed E-state index contributed by atoms with van der Waals surface area (Å²) in [6.45, 7) is 7.45. The van der Waals surface area contributed by atoms with E-state index in [0.717, 1.165) is 11.6 Å². The highest BCUT2D eigenvalue weighted by atomic mass is 32.1. The molecule has 1 saturated heterocycles. The van der Waals surface area contributed by atoms with Crippen LogP contribution in [0.25, 0.3) is 0 Å². The number of hydrogen-bond donors (Lipinski definition) is 1. The summed E-state index contributed by atoms with van der Waals surface area (Å²) in [5.74, 6) is -0.434. The smallest absolute Gasteiger partial charge is 0.163 e. The van der Waals surface area contributed by atoms with Gasteiger partial charge < -0.3 is 14.8 Å². The first-order valence-corrected chi connectivity index (χ1v) is 6.39. The van der Waals surface area contributed by atoms with Crippen molar-refractivity contribution >= 4 is 11.3 Å². The van der Waals surface area contributed by atoms with Crippen LogP contribution in [0.5, 0.6) is 0 Å². The summed E-state index contributed by atoms with van der Waals surface area (Å²) in [6, 6.07) is 0.271. The van der Waals surface area contributed by atoms with Gasteiger partial charge in [0, 0.05) is 18.1 Å². The third-order valence-electron chi connectivity index (χ3n) is 2.54. The second kappa shape index (κ2) is 4.79. The molecule has 5 heteroatoms. The molecule has 0 aromatic carbocycles. The lowest BCUT2D eigenvalue weighted by molar-refractivity contribution is -0.137. The topological polar surface area (TPSA) is 43.4 Å². The molecule has 2 heterocycles. The van der Waals surface area contributed by atoms with Crippen LogP contribution in [0.15, 0.2) is 11.6 Å². The fourth-order valence-corrected chi connectivity index (χ4v) is 2.38. The molecule has 1 aliphatic heterocycles. The largest absolute Gasteiger partial charge is 0.348 e. The summed E-state index contributed by atoms with van der Waals surface area (Å²) < 4.78 is 11.2. The van der Waals surface area contributed by atoms with E-state index in [9.17, 15) is 0 Å². The predicted molar refractivity (Wildman–Crippen MR) is 63.4 cm³/mol. The first-order valence-electron chi connectivity index (χ1n) is 5.51. The lowest BCUT2D eigenvalue weighted by atomic mass is 10.3. The summed E-state index contributed by atoms with van der Waals surface area (Å²) in [5, 5.41) is 6.51. The van der Waals surface area contributed by atoms with Crippen molar-refractivity contribution in [2.24, 2.45) is 0 Å². The lowest BCUT2D eigenvalue weighted by Gasteiger charge is -2.18. The van der Waals surface area contributed by atoms with Crippen molar-refractivity contribution in [1.82, 2.24) is 10.3 Å². The monoisotopic (exact) mass is 242 g/mol. The Balaban J connectivity index is 1.76. The normalized spacial score (nSPS) is 25.8. The van der Waals surface area contributed by atoms with E-state index in [1.807, 2.05) is 25.4 Å². The molecule has 1 aliphatic rings. The van der Waals surface area contributed by atoms with E-state index in [1.54, 1.807) is 11.3 Å². The van der Waals surface area contributed by atoms with Crippen molar-refractivity contribution in [3.05, 3.63) is 16.6 Å². The zero-order valence-corrected chi connectivity index (χ0v) is 10.7. The van der Waals surface area contributed by atoms with Gasteiger partial charge in [-0.3, -0.25) is 0 Å². The Bertz CT molecular complexity index is 327. The van der Waals surface area contributed by atoms with Crippen molar-refractivity contribution in [3.8, 4) is 0 Å². The summed E-state index contributed by atoms with van der Waals surface area (Å²) >= 11 is 1.67. The van der Waals surface area contributed by atoms with Gasteiger partial charge in [-0.1, -0.05) is 0 Å². The van der Waals surface area contributed by atoms with Gasteiger partial charge in [0.2, 0.25) is 0 Å². The molecular formula is C11H18N2O2S. The van der Waals surface area contributed by atoms with Crippen LogP contribution in [0.1, 0.15) is 31.8 Å². The number of thiazole rings is 1. The van der Waals surface area contributed by atoms with Gasteiger partial charge in [0.15, 0.2) is 5.79 Å². The molecule has 2 atom stereocenters. The van der Waals surface area contributed by atoms with Gasteiger partial charge >= 0.3 is 0 Å². The number of nitrogens with one attached hydrogen (secondary N) is 1. The van der Waals surface area contributed by atoms with Crippen LogP contribution in [0, 0.1) is 0 Å². The van der Waals surface area contributed by atoms with Crippen LogP contribution in [-0.2, 0) is 9.47 Å². The zero-order chi connectivity index (χ0) is 11.6. The second-order valence-electron chi connectivity index (χ2n) is 4.45. The summed E-state index contributed by atoms with van der Waals surface area (Å²) in [7, 11) is 0. The molecule has 1 aromatic heterocycles. The van der Waals surface area contributed by atoms with Crippen molar-refractivity contribution in [3.63, 3.8) is 0 Å². The first kappa shape index (κ1) is 12.0. The Hall–Kier alpha value is -0.490. The van der Waals surface area contributed by atoms with E-state index in [4.69, 9.17) is 9.47 Å². The number of rotatable bonds is 4. The fourth-order valence-electron chi connectivity index (χ4n) is 1.71. The number of aromatic nitrogens is 1. The minimum Gasteiger partial charge on any atom is -0.348 e. The van der Waals surface area contributed by atoms with Crippen molar-refractivity contribution in [2.45, 2.75) is 38.7 Å². The van der Waals surface area contributed by atoms with Crippen LogP contribution in [0.2, 0.25) is 0 Å². The maximum Gasteiger partial charge on any atom is 0.163 e. The first-order chi connectivity index (χ1) is 7.57. The maximum atomic E-state index is 5.71. The van der Waals surface area contributed by atoms with Crippen molar-refractivity contribution in [2.75, 3.05) is 13.2 Å². The van der Waals surface area contributed by atoms with Gasteiger partial charge in [-0.15, -0.1) is 11.3 Å². The van der Waals surface area contributed by atoms with Crippen LogP contribution >= 0.6 is 11.3 Å². The van der Waals surface area contributed by atoms with E-state index in [-0.39, 0.29) is 12.1 Å². The lowest BCUT2D eigenvalue weighted by Crippen LogP contribution is -2.32. The van der Waals surface area contributed by atoms with Crippen LogP contribution in [-0.4, -0.2) is 30.0 Å². The van der Waals surface area contributed by atoms with E-state index >= 15 is 0 Å². The number of nitrogens with zero attached hydrogens (tertiary/aromatic N) is 1. The summed E-state index contributed by atoms with van der Waals surface area (Å²) in [4.78, 5) is 4.27. The van der Waals surface area contributed by atoms with Crippen LogP contribution < -0.4 is 5.32 Å². The molecule has 0 bridgehead atoms. The Labute approximate surface area is 100.0 Å². The van der Waals surface area contributed by atoms with Gasteiger partial charge in [0.25, 0.3) is 0 Å². The molecule has 0 radical (unpaired) electrons. The summed E-state index contributed by atoms with van der Waals surface area (Å²) in [6.07, 6.45) is 1.97. The highest BCUT2D eigenvalue weighted by molar-refractivity contribution is 7.09. The van der Waals surface area contributed by atoms with E-state index in [1.165, 1.54) is 0 Å². The standard InChI is InChI=1S/C11H18N2O2S/c1-8(10-12-4-5-16-10)13-6-9-7-14-11(2,3)15-9/h4-5,8-9,13H,6-7H2,1-3H3. The molecule has 1 aromatic rings. The predicted octanol–water partition coefficient (Wildman–Crippen LogP) is 1.95. The molecule has 90 valence electrons. The molecule has 0 saturated carbocycles. The minimum atomic E-state index is -0.434. The maximum absolute atomic E-state index is 5.71. The average molecular weight is 242 g/mol. The molecule has 2 unspecified atom stereocenters. The molecule has 4 nitrogen and oxygen atoms in total. The van der Waals surface area contributed by atoms with Gasteiger partial charge in [-0.2, -0.15) is 0 Å². The minimum absolute atomic E-state index is 0.136. The van der Waals surface area contributed by atoms with Gasteiger partial charge in [-0.05, 0) is 20.8 Å². The number of ether oxygens (including phenoxy) is 2. The van der Waals surface area contributed by atoms with Crippen molar-refractivity contribution in [1.29, 1.82) is 0 Å². The molecule has 2 rings (SSSR count). The SMILES string of the molecule is CC(NCC1COC(C)(C)O1)c1nccs1. The molecule has 1 N–H and O–H groups in total. The van der Waals surface area contributed by atoms with E-state index < -0.39 is 5.79 Å². The Morgan fingerprint density at radius 3 is 3.06 bits per heavy atom. The molecular weight excluding hydrogens is 224 g/mol. The van der Waals surface area contributed by atoms with Gasteiger partial charge in [0.1, 0.15) is 5.01 Å². The zero-order valence-electron chi connectivity index (χ0n) is 9.90. The fraction of sp³-hybridized carbons (Fsp3) is 0.727. The molecule has 0 aliphatic carbocycles. The highest BCUT2D eigenvalue weighted by Crippen LogP contribution is 2.22. The van der Waals surface area contributed by atoms with E-state index in [0.29, 0.717) is 6.61 Å². The van der Waals surface area contributed by atoms with E-state index in [2.05, 4.69) is 17.2 Å². The molecule has 0 amide bonds. The Morgan fingerprint density at radius 2 is 2.50 bits per heavy atom. The third-order valence-corrected chi connectivity index (χ3v) is 3.50. The Kier molecular flexibility index (Phi) is 3.59. The molecule has 16 heavy (non-hydrogen) atoms. The van der Waals surface area contributed by atoms with Crippen LogP contribution in [0.3, 0.4) is 0 Å². The van der Waals surface area contributed by atoms with Gasteiger partial charge in [-0.25, -0.2) is 4.98 Å². The van der Waals surface area contributed by atoms with Gasteiger partial charge in [0.05, 0.1) is 18.8 Å². The summed E-state index contributed by atoms with van der Waals surface area (Å²) in [5.41, 5.74) is 0. The number of hydrogen-bond acceptors (Lipinski definition) is 5. The highest BCUT2D eigenvalue weighted by Gasteiger charge is 2.32.